The fourth-order valence-corrected chi connectivity index (χ4v) is 1.90. The van der Waals surface area contributed by atoms with Gasteiger partial charge in [-0.25, -0.2) is 4.98 Å². The van der Waals surface area contributed by atoms with Gasteiger partial charge in [-0.2, -0.15) is 0 Å². The van der Waals surface area contributed by atoms with E-state index < -0.39 is 6.04 Å². The summed E-state index contributed by atoms with van der Waals surface area (Å²) in [6.45, 7) is 1.60. The first-order chi connectivity index (χ1) is 8.74. The molecule has 1 atom stereocenters. The normalized spacial score (nSPS) is 19.4. The van der Waals surface area contributed by atoms with E-state index in [0.29, 0.717) is 19.6 Å². The van der Waals surface area contributed by atoms with Crippen LogP contribution < -0.4 is 10.6 Å². The van der Waals surface area contributed by atoms with Crippen LogP contribution in [-0.4, -0.2) is 59.4 Å². The second-order valence-electron chi connectivity index (χ2n) is 3.92. The van der Waals surface area contributed by atoms with Crippen molar-refractivity contribution in [1.82, 2.24) is 25.5 Å². The van der Waals surface area contributed by atoms with Crippen molar-refractivity contribution in [2.24, 2.45) is 0 Å². The lowest BCUT2D eigenvalue weighted by Crippen LogP contribution is -2.59. The maximum Gasteiger partial charge on any atom is 0.274 e. The van der Waals surface area contributed by atoms with Gasteiger partial charge in [-0.1, -0.05) is 0 Å². The topological polar surface area (TPSA) is 87.2 Å². The van der Waals surface area contributed by atoms with E-state index in [1.54, 1.807) is 7.05 Å². The number of hydrogen-bond acceptors (Lipinski definition) is 5. The molecule has 18 heavy (non-hydrogen) atoms. The second kappa shape index (κ2) is 5.54. The molecule has 1 unspecified atom stereocenters. The fraction of sp³-hybridized carbons (Fsp3) is 0.455. The van der Waals surface area contributed by atoms with E-state index >= 15 is 0 Å². The second-order valence-corrected chi connectivity index (χ2v) is 3.92. The van der Waals surface area contributed by atoms with E-state index in [2.05, 4.69) is 20.6 Å². The largest absolute Gasteiger partial charge is 0.357 e. The number of amides is 2. The number of hydrogen-bond donors (Lipinski definition) is 2. The Morgan fingerprint density at radius 1 is 1.50 bits per heavy atom. The molecule has 1 aliphatic rings. The van der Waals surface area contributed by atoms with Crippen molar-refractivity contribution in [2.45, 2.75) is 6.04 Å². The van der Waals surface area contributed by atoms with Crippen molar-refractivity contribution in [3.8, 4) is 0 Å². The molecular formula is C11H15N5O2. The number of nitrogens with zero attached hydrogens (tertiary/aromatic N) is 3. The molecule has 2 heterocycles. The summed E-state index contributed by atoms with van der Waals surface area (Å²) >= 11 is 0. The van der Waals surface area contributed by atoms with E-state index in [-0.39, 0.29) is 17.5 Å². The Kier molecular flexibility index (Phi) is 3.83. The smallest absolute Gasteiger partial charge is 0.274 e. The zero-order valence-electron chi connectivity index (χ0n) is 10.1. The van der Waals surface area contributed by atoms with Crippen LogP contribution in [0.25, 0.3) is 0 Å². The monoisotopic (exact) mass is 249 g/mol. The van der Waals surface area contributed by atoms with Gasteiger partial charge in [-0.3, -0.25) is 14.6 Å². The zero-order valence-corrected chi connectivity index (χ0v) is 10.1. The molecule has 1 aliphatic heterocycles. The molecule has 0 aromatic carbocycles. The zero-order chi connectivity index (χ0) is 13.0. The van der Waals surface area contributed by atoms with Gasteiger partial charge in [0.05, 0.1) is 6.20 Å². The predicted octanol–water partition coefficient (Wildman–Crippen LogP) is -1.36. The van der Waals surface area contributed by atoms with Crippen LogP contribution in [-0.2, 0) is 4.79 Å². The highest BCUT2D eigenvalue weighted by Gasteiger charge is 2.32. The van der Waals surface area contributed by atoms with Crippen molar-refractivity contribution in [2.75, 3.05) is 26.7 Å². The summed E-state index contributed by atoms with van der Waals surface area (Å²) in [5.74, 6) is -0.447. The van der Waals surface area contributed by atoms with E-state index in [4.69, 9.17) is 0 Å². The molecular weight excluding hydrogens is 234 g/mol. The molecule has 1 aromatic rings. The van der Waals surface area contributed by atoms with E-state index in [0.717, 1.165) is 0 Å². The molecule has 0 spiro atoms. The summed E-state index contributed by atoms with van der Waals surface area (Å²) in [4.78, 5) is 33.3. The number of nitrogens with one attached hydrogen (secondary N) is 2. The minimum Gasteiger partial charge on any atom is -0.357 e. The van der Waals surface area contributed by atoms with Crippen molar-refractivity contribution < 1.29 is 9.59 Å². The van der Waals surface area contributed by atoms with Crippen LogP contribution in [0.5, 0.6) is 0 Å². The first-order valence-corrected chi connectivity index (χ1v) is 5.73. The SMILES string of the molecule is CNC(=O)C1CNCCN1C(=O)c1cnccn1. The Hall–Kier alpha value is -2.02. The minimum absolute atomic E-state index is 0.181. The van der Waals surface area contributed by atoms with Gasteiger partial charge in [-0.05, 0) is 0 Å². The average molecular weight is 249 g/mol. The Morgan fingerprint density at radius 3 is 3.00 bits per heavy atom. The summed E-state index contributed by atoms with van der Waals surface area (Å²) in [5, 5.41) is 5.66. The predicted molar refractivity (Wildman–Crippen MR) is 63.8 cm³/mol. The van der Waals surface area contributed by atoms with E-state index in [1.807, 2.05) is 0 Å². The molecule has 1 aromatic heterocycles. The molecule has 1 saturated heterocycles. The van der Waals surface area contributed by atoms with Gasteiger partial charge in [0.2, 0.25) is 5.91 Å². The maximum absolute atomic E-state index is 12.2. The summed E-state index contributed by atoms with van der Waals surface area (Å²) in [5.41, 5.74) is 0.258. The van der Waals surface area contributed by atoms with Gasteiger partial charge in [0, 0.05) is 39.1 Å². The molecule has 0 aliphatic carbocycles. The van der Waals surface area contributed by atoms with Gasteiger partial charge in [-0.15, -0.1) is 0 Å². The van der Waals surface area contributed by atoms with Crippen LogP contribution in [0, 0.1) is 0 Å². The third-order valence-corrected chi connectivity index (χ3v) is 2.84. The van der Waals surface area contributed by atoms with Gasteiger partial charge in [0.15, 0.2) is 0 Å². The van der Waals surface area contributed by atoms with Crippen LogP contribution >= 0.6 is 0 Å². The fourth-order valence-electron chi connectivity index (χ4n) is 1.90. The highest BCUT2D eigenvalue weighted by atomic mass is 16.2. The molecule has 0 saturated carbocycles. The first kappa shape index (κ1) is 12.4. The number of likely N-dealkylation sites (N-methyl/N-ethyl adjacent to an activating group) is 1. The van der Waals surface area contributed by atoms with Crippen molar-refractivity contribution in [3.05, 3.63) is 24.3 Å². The van der Waals surface area contributed by atoms with E-state index in [9.17, 15) is 9.59 Å². The third-order valence-electron chi connectivity index (χ3n) is 2.84. The van der Waals surface area contributed by atoms with Crippen LogP contribution in [0.1, 0.15) is 10.5 Å². The Balaban J connectivity index is 2.19. The molecule has 7 nitrogen and oxygen atoms in total. The Labute approximate surface area is 105 Å². The molecule has 1 fully saturated rings. The Morgan fingerprint density at radius 2 is 2.33 bits per heavy atom. The van der Waals surface area contributed by atoms with E-state index in [1.165, 1.54) is 23.5 Å². The van der Waals surface area contributed by atoms with Crippen LogP contribution in [0.2, 0.25) is 0 Å². The third kappa shape index (κ3) is 2.45. The molecule has 2 rings (SSSR count). The summed E-state index contributed by atoms with van der Waals surface area (Å²) in [7, 11) is 1.56. The molecule has 2 amide bonds. The number of aromatic nitrogens is 2. The van der Waals surface area contributed by atoms with Crippen LogP contribution in [0.4, 0.5) is 0 Å². The summed E-state index contributed by atoms with van der Waals surface area (Å²) in [6.07, 6.45) is 4.38. The Bertz CT molecular complexity index is 436. The lowest BCUT2D eigenvalue weighted by molar-refractivity contribution is -0.125. The van der Waals surface area contributed by atoms with Gasteiger partial charge < -0.3 is 15.5 Å². The highest BCUT2D eigenvalue weighted by molar-refractivity contribution is 5.96. The van der Waals surface area contributed by atoms with Gasteiger partial charge >= 0.3 is 0 Å². The maximum atomic E-state index is 12.2. The first-order valence-electron chi connectivity index (χ1n) is 5.73. The average Bonchev–Trinajstić information content (AvgIpc) is 2.46. The van der Waals surface area contributed by atoms with Crippen LogP contribution in [0.3, 0.4) is 0 Å². The van der Waals surface area contributed by atoms with Crippen molar-refractivity contribution in [3.63, 3.8) is 0 Å². The quantitative estimate of drug-likeness (QED) is 0.675. The number of rotatable bonds is 2. The van der Waals surface area contributed by atoms with Crippen molar-refractivity contribution >= 4 is 11.8 Å². The number of piperazine rings is 1. The minimum atomic E-state index is -0.502. The lowest BCUT2D eigenvalue weighted by Gasteiger charge is -2.34. The summed E-state index contributed by atoms with van der Waals surface area (Å²) in [6, 6.07) is -0.502. The molecule has 0 radical (unpaired) electrons. The molecule has 7 heteroatoms. The number of carbonyl (C=O) groups excluding carboxylic acids is 2. The highest BCUT2D eigenvalue weighted by Crippen LogP contribution is 2.08. The lowest BCUT2D eigenvalue weighted by atomic mass is 10.1. The van der Waals surface area contributed by atoms with Crippen molar-refractivity contribution in [1.29, 1.82) is 0 Å². The molecule has 96 valence electrons. The standard InChI is InChI=1S/C11H15N5O2/c1-12-10(17)9-7-14-4-5-16(9)11(18)8-6-13-2-3-15-8/h2-3,6,9,14H,4-5,7H2,1H3,(H,12,17). The van der Waals surface area contributed by atoms with Gasteiger partial charge in [0.1, 0.15) is 11.7 Å². The number of carbonyl (C=O) groups is 2. The molecule has 0 bridgehead atoms. The van der Waals surface area contributed by atoms with Crippen LogP contribution in [0.15, 0.2) is 18.6 Å². The summed E-state index contributed by atoms with van der Waals surface area (Å²) < 4.78 is 0. The molecule has 2 N–H and O–H groups in total. The van der Waals surface area contributed by atoms with Gasteiger partial charge in [0.25, 0.3) is 5.91 Å².